The van der Waals surface area contributed by atoms with E-state index in [0.717, 1.165) is 45.3 Å². The highest BCUT2D eigenvalue weighted by atomic mass is 32.2. The third kappa shape index (κ3) is 6.28. The molecular weight excluding hydrogens is 438 g/mol. The molecule has 0 aliphatic carbocycles. The van der Waals surface area contributed by atoms with E-state index in [-0.39, 0.29) is 23.3 Å². The van der Waals surface area contributed by atoms with Crippen LogP contribution in [0.5, 0.6) is 0 Å². The summed E-state index contributed by atoms with van der Waals surface area (Å²) in [4.78, 5) is 28.8. The molecule has 1 aliphatic rings. The summed E-state index contributed by atoms with van der Waals surface area (Å²) in [5.41, 5.74) is 1.49. The van der Waals surface area contributed by atoms with Gasteiger partial charge >= 0.3 is 0 Å². The van der Waals surface area contributed by atoms with Gasteiger partial charge in [-0.15, -0.1) is 0 Å². The van der Waals surface area contributed by atoms with E-state index in [1.54, 1.807) is 36.4 Å². The first-order valence-electron chi connectivity index (χ1n) is 11.6. The van der Waals surface area contributed by atoms with Crippen LogP contribution >= 0.6 is 0 Å². The van der Waals surface area contributed by atoms with E-state index in [9.17, 15) is 18.0 Å². The molecule has 7 nitrogen and oxygen atoms in total. The molecule has 8 heteroatoms. The molecule has 0 atom stereocenters. The molecule has 0 saturated carbocycles. The first-order valence-corrected chi connectivity index (χ1v) is 13.1. The number of fused-ring (bicyclic) bond motifs is 1. The zero-order valence-corrected chi connectivity index (χ0v) is 20.2. The van der Waals surface area contributed by atoms with Gasteiger partial charge in [-0.3, -0.25) is 14.5 Å². The molecule has 33 heavy (non-hydrogen) atoms. The minimum Gasteiger partial charge on any atom is -0.303 e. The highest BCUT2D eigenvalue weighted by Crippen LogP contribution is 2.24. The number of amides is 2. The van der Waals surface area contributed by atoms with Crippen LogP contribution in [0.15, 0.2) is 53.4 Å². The number of unbranched alkanes of at least 4 members (excludes halogenated alkanes) is 1. The Labute approximate surface area is 196 Å². The lowest BCUT2D eigenvalue weighted by Gasteiger charge is -2.20. The topological polar surface area (TPSA) is 86.8 Å². The molecule has 1 heterocycles. The quantitative estimate of drug-likeness (QED) is 0.356. The van der Waals surface area contributed by atoms with E-state index in [1.165, 1.54) is 17.0 Å². The van der Waals surface area contributed by atoms with E-state index in [2.05, 4.69) is 23.5 Å². The van der Waals surface area contributed by atoms with Gasteiger partial charge in [0, 0.05) is 6.54 Å². The second-order valence-electron chi connectivity index (χ2n) is 8.33. The number of imide groups is 1. The molecule has 2 aromatic rings. The van der Waals surface area contributed by atoms with Crippen LogP contribution in [0.4, 0.5) is 0 Å². The van der Waals surface area contributed by atoms with Crippen LogP contribution in [-0.4, -0.2) is 56.2 Å². The van der Waals surface area contributed by atoms with Gasteiger partial charge < -0.3 is 4.90 Å². The minimum absolute atomic E-state index is 0.103. The van der Waals surface area contributed by atoms with Crippen molar-refractivity contribution >= 4 is 21.8 Å². The van der Waals surface area contributed by atoms with E-state index >= 15 is 0 Å². The maximum Gasteiger partial charge on any atom is 0.261 e. The molecule has 178 valence electrons. The monoisotopic (exact) mass is 471 g/mol. The molecule has 0 fully saturated rings. The number of carbonyl (C=O) groups is 2. The smallest absolute Gasteiger partial charge is 0.261 e. The third-order valence-corrected chi connectivity index (χ3v) is 7.20. The van der Waals surface area contributed by atoms with Crippen molar-refractivity contribution in [1.29, 1.82) is 0 Å². The molecule has 0 radical (unpaired) electrons. The van der Waals surface area contributed by atoms with E-state index in [4.69, 9.17) is 0 Å². The maximum atomic E-state index is 12.6. The molecule has 3 rings (SSSR count). The molecule has 2 aromatic carbocycles. The summed E-state index contributed by atoms with van der Waals surface area (Å²) in [6.07, 6.45) is 3.97. The number of carbonyl (C=O) groups excluding carboxylic acids is 2. The third-order valence-electron chi connectivity index (χ3n) is 5.73. The van der Waals surface area contributed by atoms with Crippen molar-refractivity contribution in [2.45, 2.75) is 51.0 Å². The SMILES string of the molecule is CCCN(CCC)CCCCNS(=O)(=O)c1ccc(CN2C(=O)c3ccccc3C2=O)cc1. The lowest BCUT2D eigenvalue weighted by molar-refractivity contribution is 0.0642. The van der Waals surface area contributed by atoms with Crippen molar-refractivity contribution in [2.24, 2.45) is 0 Å². The van der Waals surface area contributed by atoms with Crippen LogP contribution in [0.3, 0.4) is 0 Å². The van der Waals surface area contributed by atoms with Crippen molar-refractivity contribution in [2.75, 3.05) is 26.2 Å². The van der Waals surface area contributed by atoms with Gasteiger partial charge in [-0.05, 0) is 75.1 Å². The summed E-state index contributed by atoms with van der Waals surface area (Å²) in [5.74, 6) is -0.657. The second-order valence-corrected chi connectivity index (χ2v) is 10.1. The first kappa shape index (κ1) is 25.1. The highest BCUT2D eigenvalue weighted by Gasteiger charge is 2.34. The van der Waals surface area contributed by atoms with Crippen molar-refractivity contribution in [3.8, 4) is 0 Å². The van der Waals surface area contributed by atoms with Crippen LogP contribution in [0, 0.1) is 0 Å². The fraction of sp³-hybridized carbons (Fsp3) is 0.440. The van der Waals surface area contributed by atoms with Gasteiger partial charge in [-0.1, -0.05) is 38.1 Å². The van der Waals surface area contributed by atoms with E-state index in [1.807, 2.05) is 0 Å². The number of nitrogens with one attached hydrogen (secondary N) is 1. The highest BCUT2D eigenvalue weighted by molar-refractivity contribution is 7.89. The first-order chi connectivity index (χ1) is 15.9. The molecule has 1 aliphatic heterocycles. The average molecular weight is 472 g/mol. The molecule has 1 N–H and O–H groups in total. The average Bonchev–Trinajstić information content (AvgIpc) is 3.04. The molecule has 0 saturated heterocycles. The summed E-state index contributed by atoms with van der Waals surface area (Å²) in [6, 6.07) is 13.1. The maximum absolute atomic E-state index is 12.6. The summed E-state index contributed by atoms with van der Waals surface area (Å²) in [6.45, 7) is 7.97. The Morgan fingerprint density at radius 1 is 0.818 bits per heavy atom. The number of hydrogen-bond donors (Lipinski definition) is 1. The lowest BCUT2D eigenvalue weighted by Crippen LogP contribution is -2.29. The molecule has 2 amide bonds. The number of nitrogens with zero attached hydrogens (tertiary/aromatic N) is 2. The Balaban J connectivity index is 1.51. The Morgan fingerprint density at radius 3 is 1.94 bits per heavy atom. The minimum atomic E-state index is -3.60. The van der Waals surface area contributed by atoms with Gasteiger partial charge in [0.25, 0.3) is 11.8 Å². The number of benzene rings is 2. The van der Waals surface area contributed by atoms with Gasteiger partial charge in [0.05, 0.1) is 22.6 Å². The van der Waals surface area contributed by atoms with E-state index in [0.29, 0.717) is 23.2 Å². The molecule has 0 aromatic heterocycles. The fourth-order valence-corrected chi connectivity index (χ4v) is 5.13. The largest absolute Gasteiger partial charge is 0.303 e. The predicted molar refractivity (Wildman–Crippen MR) is 129 cm³/mol. The Kier molecular flexibility index (Phi) is 8.77. The van der Waals surface area contributed by atoms with Gasteiger partial charge in [-0.25, -0.2) is 13.1 Å². The van der Waals surface area contributed by atoms with Crippen LogP contribution in [0.1, 0.15) is 65.8 Å². The molecule has 0 unspecified atom stereocenters. The second kappa shape index (κ2) is 11.5. The van der Waals surface area contributed by atoms with Crippen molar-refractivity contribution in [3.63, 3.8) is 0 Å². The zero-order valence-electron chi connectivity index (χ0n) is 19.4. The number of rotatable bonds is 13. The Morgan fingerprint density at radius 2 is 1.39 bits per heavy atom. The Bertz CT molecular complexity index is 1030. The van der Waals surface area contributed by atoms with Crippen LogP contribution in [0.25, 0.3) is 0 Å². The van der Waals surface area contributed by atoms with Gasteiger partial charge in [0.2, 0.25) is 10.0 Å². The van der Waals surface area contributed by atoms with Crippen LogP contribution < -0.4 is 4.72 Å². The lowest BCUT2D eigenvalue weighted by atomic mass is 10.1. The summed E-state index contributed by atoms with van der Waals surface area (Å²) >= 11 is 0. The number of hydrogen-bond acceptors (Lipinski definition) is 5. The van der Waals surface area contributed by atoms with Crippen molar-refractivity contribution in [1.82, 2.24) is 14.5 Å². The molecule has 0 bridgehead atoms. The summed E-state index contributed by atoms with van der Waals surface area (Å²) in [7, 11) is -3.60. The van der Waals surface area contributed by atoms with Crippen LogP contribution in [-0.2, 0) is 16.6 Å². The standard InChI is InChI=1S/C25H33N3O4S/c1-3-16-27(17-4-2)18-8-7-15-26-33(31,32)21-13-11-20(12-14-21)19-28-24(29)22-9-5-6-10-23(22)25(28)30/h5-6,9-14,26H,3-4,7-8,15-19H2,1-2H3. The van der Waals surface area contributed by atoms with Gasteiger partial charge in [-0.2, -0.15) is 0 Å². The van der Waals surface area contributed by atoms with Crippen molar-refractivity contribution in [3.05, 3.63) is 65.2 Å². The number of sulfonamides is 1. The summed E-state index contributed by atoms with van der Waals surface area (Å²) < 4.78 is 27.9. The molecular formula is C25H33N3O4S. The van der Waals surface area contributed by atoms with Crippen LogP contribution in [0.2, 0.25) is 0 Å². The van der Waals surface area contributed by atoms with Gasteiger partial charge in [0.15, 0.2) is 0 Å². The normalized spacial score (nSPS) is 13.7. The summed E-state index contributed by atoms with van der Waals surface area (Å²) in [5, 5.41) is 0. The van der Waals surface area contributed by atoms with Gasteiger partial charge in [0.1, 0.15) is 0 Å². The predicted octanol–water partition coefficient (Wildman–Crippen LogP) is 3.66. The fourth-order valence-electron chi connectivity index (χ4n) is 4.06. The van der Waals surface area contributed by atoms with Crippen molar-refractivity contribution < 1.29 is 18.0 Å². The van der Waals surface area contributed by atoms with E-state index < -0.39 is 10.0 Å². The zero-order chi connectivity index (χ0) is 23.8. The molecule has 0 spiro atoms. The Hall–Kier alpha value is -2.55.